The van der Waals surface area contributed by atoms with Crippen LogP contribution in [0.15, 0.2) is 0 Å². The Hall–Kier alpha value is -0.0400. The van der Waals surface area contributed by atoms with Crippen LogP contribution < -0.4 is 5.32 Å². The van der Waals surface area contributed by atoms with Crippen LogP contribution in [0.3, 0.4) is 0 Å². The minimum atomic E-state index is 0.666. The van der Waals surface area contributed by atoms with Gasteiger partial charge in [0.1, 0.15) is 0 Å². The maximum Gasteiger partial charge on any atom is 0.00699 e. The van der Waals surface area contributed by atoms with E-state index in [1.54, 1.807) is 0 Å². The van der Waals surface area contributed by atoms with E-state index in [0.29, 0.717) is 5.41 Å². The van der Waals surface area contributed by atoms with Gasteiger partial charge in [-0.15, -0.1) is 0 Å². The molecule has 0 aromatic rings. The Balaban J connectivity index is 1.76. The van der Waals surface area contributed by atoms with Crippen LogP contribution in [-0.4, -0.2) is 12.6 Å². The molecule has 2 aliphatic rings. The van der Waals surface area contributed by atoms with Gasteiger partial charge in [-0.2, -0.15) is 0 Å². The van der Waals surface area contributed by atoms with Gasteiger partial charge in [-0.1, -0.05) is 46.0 Å². The SMILES string of the molecule is CCC1CCCC(NCC2(CC)CCCC2)C1. The number of hydrogen-bond acceptors (Lipinski definition) is 1. The second-order valence-corrected chi connectivity index (χ2v) is 6.58. The molecule has 17 heavy (non-hydrogen) atoms. The van der Waals surface area contributed by atoms with Gasteiger partial charge in [0.25, 0.3) is 0 Å². The summed E-state index contributed by atoms with van der Waals surface area (Å²) < 4.78 is 0. The van der Waals surface area contributed by atoms with Crippen LogP contribution in [0.1, 0.15) is 78.1 Å². The third-order valence-electron chi connectivity index (χ3n) is 5.54. The predicted octanol–water partition coefficient (Wildman–Crippen LogP) is 4.52. The van der Waals surface area contributed by atoms with E-state index >= 15 is 0 Å². The second kappa shape index (κ2) is 6.22. The van der Waals surface area contributed by atoms with E-state index in [4.69, 9.17) is 0 Å². The van der Waals surface area contributed by atoms with Crippen LogP contribution in [0.4, 0.5) is 0 Å². The molecule has 0 saturated heterocycles. The molecule has 1 nitrogen and oxygen atoms in total. The highest BCUT2D eigenvalue weighted by Crippen LogP contribution is 2.40. The lowest BCUT2D eigenvalue weighted by Crippen LogP contribution is -2.40. The Bertz CT molecular complexity index is 218. The molecular weight excluding hydrogens is 206 g/mol. The molecule has 2 rings (SSSR count). The summed E-state index contributed by atoms with van der Waals surface area (Å²) in [6.07, 6.45) is 14.5. The highest BCUT2D eigenvalue weighted by molar-refractivity contribution is 4.87. The van der Waals surface area contributed by atoms with E-state index in [1.807, 2.05) is 0 Å². The van der Waals surface area contributed by atoms with Gasteiger partial charge in [0.2, 0.25) is 0 Å². The van der Waals surface area contributed by atoms with Gasteiger partial charge in [-0.05, 0) is 43.4 Å². The molecule has 0 amide bonds. The van der Waals surface area contributed by atoms with Crippen molar-refractivity contribution in [1.29, 1.82) is 0 Å². The smallest absolute Gasteiger partial charge is 0.00699 e. The Morgan fingerprint density at radius 2 is 1.82 bits per heavy atom. The van der Waals surface area contributed by atoms with Crippen molar-refractivity contribution in [2.45, 2.75) is 84.1 Å². The van der Waals surface area contributed by atoms with E-state index in [1.165, 1.54) is 70.8 Å². The zero-order valence-electron chi connectivity index (χ0n) is 11.9. The lowest BCUT2D eigenvalue weighted by molar-refractivity contribution is 0.218. The topological polar surface area (TPSA) is 12.0 Å². The molecule has 0 heterocycles. The van der Waals surface area contributed by atoms with E-state index in [9.17, 15) is 0 Å². The van der Waals surface area contributed by atoms with Crippen LogP contribution in [0.5, 0.6) is 0 Å². The quantitative estimate of drug-likeness (QED) is 0.741. The van der Waals surface area contributed by atoms with Gasteiger partial charge in [0.15, 0.2) is 0 Å². The average Bonchev–Trinajstić information content (AvgIpc) is 2.86. The minimum absolute atomic E-state index is 0.666. The Morgan fingerprint density at radius 1 is 1.06 bits per heavy atom. The molecule has 2 atom stereocenters. The first kappa shape index (κ1) is 13.4. The lowest BCUT2D eigenvalue weighted by atomic mass is 9.81. The van der Waals surface area contributed by atoms with Crippen LogP contribution in [0.25, 0.3) is 0 Å². The molecule has 2 unspecified atom stereocenters. The molecule has 1 N–H and O–H groups in total. The first-order valence-electron chi connectivity index (χ1n) is 8.01. The maximum atomic E-state index is 3.92. The molecule has 0 aliphatic heterocycles. The molecule has 100 valence electrons. The molecular formula is C16H31N. The molecule has 0 spiro atoms. The van der Waals surface area contributed by atoms with E-state index in [2.05, 4.69) is 19.2 Å². The first-order chi connectivity index (χ1) is 8.28. The minimum Gasteiger partial charge on any atom is -0.313 e. The molecule has 1 heteroatoms. The lowest BCUT2D eigenvalue weighted by Gasteiger charge is -2.34. The summed E-state index contributed by atoms with van der Waals surface area (Å²) in [5.74, 6) is 1.00. The highest BCUT2D eigenvalue weighted by Gasteiger charge is 2.32. The first-order valence-corrected chi connectivity index (χ1v) is 8.01. The average molecular weight is 237 g/mol. The van der Waals surface area contributed by atoms with Gasteiger partial charge in [0.05, 0.1) is 0 Å². The number of nitrogens with one attached hydrogen (secondary N) is 1. The zero-order valence-corrected chi connectivity index (χ0v) is 11.9. The Kier molecular flexibility index (Phi) is 4.90. The van der Waals surface area contributed by atoms with Crippen molar-refractivity contribution in [3.63, 3.8) is 0 Å². The fourth-order valence-corrected chi connectivity index (χ4v) is 3.99. The standard InChI is InChI=1S/C16H31N/c1-3-14-8-7-9-15(12-14)17-13-16(4-2)10-5-6-11-16/h14-15,17H,3-13H2,1-2H3. The number of rotatable bonds is 5. The monoisotopic (exact) mass is 237 g/mol. The van der Waals surface area contributed by atoms with Crippen LogP contribution in [0, 0.1) is 11.3 Å². The second-order valence-electron chi connectivity index (χ2n) is 6.58. The van der Waals surface area contributed by atoms with E-state index in [0.717, 1.165) is 12.0 Å². The van der Waals surface area contributed by atoms with Gasteiger partial charge in [-0.25, -0.2) is 0 Å². The third kappa shape index (κ3) is 3.47. The Labute approximate surface area is 108 Å². The van der Waals surface area contributed by atoms with Crippen molar-refractivity contribution in [2.75, 3.05) is 6.54 Å². The summed E-state index contributed by atoms with van der Waals surface area (Å²) in [6.45, 7) is 6.05. The normalized spacial score (nSPS) is 32.8. The number of hydrogen-bond donors (Lipinski definition) is 1. The molecule has 0 aromatic carbocycles. The summed E-state index contributed by atoms with van der Waals surface area (Å²) >= 11 is 0. The molecule has 0 aromatic heterocycles. The summed E-state index contributed by atoms with van der Waals surface area (Å²) in [6, 6.07) is 0.831. The van der Waals surface area contributed by atoms with Crippen LogP contribution in [0.2, 0.25) is 0 Å². The van der Waals surface area contributed by atoms with Crippen LogP contribution in [-0.2, 0) is 0 Å². The summed E-state index contributed by atoms with van der Waals surface area (Å²) in [4.78, 5) is 0. The summed E-state index contributed by atoms with van der Waals surface area (Å²) in [7, 11) is 0. The van der Waals surface area contributed by atoms with E-state index in [-0.39, 0.29) is 0 Å². The Morgan fingerprint density at radius 3 is 2.47 bits per heavy atom. The fourth-order valence-electron chi connectivity index (χ4n) is 3.99. The van der Waals surface area contributed by atoms with Gasteiger partial charge >= 0.3 is 0 Å². The van der Waals surface area contributed by atoms with Gasteiger partial charge in [-0.3, -0.25) is 0 Å². The third-order valence-corrected chi connectivity index (χ3v) is 5.54. The maximum absolute atomic E-state index is 3.92. The van der Waals surface area contributed by atoms with E-state index < -0.39 is 0 Å². The fraction of sp³-hybridized carbons (Fsp3) is 1.00. The van der Waals surface area contributed by atoms with Gasteiger partial charge < -0.3 is 5.32 Å². The molecule has 0 radical (unpaired) electrons. The van der Waals surface area contributed by atoms with Gasteiger partial charge in [0, 0.05) is 12.6 Å². The molecule has 0 bridgehead atoms. The summed E-state index contributed by atoms with van der Waals surface area (Å²) in [5, 5.41) is 3.92. The predicted molar refractivity (Wildman–Crippen MR) is 75.2 cm³/mol. The van der Waals surface area contributed by atoms with Crippen molar-refractivity contribution in [2.24, 2.45) is 11.3 Å². The van der Waals surface area contributed by atoms with Crippen molar-refractivity contribution >= 4 is 0 Å². The molecule has 2 saturated carbocycles. The van der Waals surface area contributed by atoms with Crippen molar-refractivity contribution < 1.29 is 0 Å². The zero-order chi connectivity index (χ0) is 12.1. The molecule has 2 fully saturated rings. The van der Waals surface area contributed by atoms with Crippen molar-refractivity contribution in [3.8, 4) is 0 Å². The van der Waals surface area contributed by atoms with Crippen molar-refractivity contribution in [1.82, 2.24) is 5.32 Å². The molecule has 2 aliphatic carbocycles. The van der Waals surface area contributed by atoms with Crippen molar-refractivity contribution in [3.05, 3.63) is 0 Å². The summed E-state index contributed by atoms with van der Waals surface area (Å²) in [5.41, 5.74) is 0.666. The largest absolute Gasteiger partial charge is 0.313 e. The van der Waals surface area contributed by atoms with Crippen LogP contribution >= 0.6 is 0 Å². The highest BCUT2D eigenvalue weighted by atomic mass is 14.9.